The van der Waals surface area contributed by atoms with Crippen molar-refractivity contribution in [2.24, 2.45) is 5.92 Å². The van der Waals surface area contributed by atoms with Crippen LogP contribution >= 0.6 is 39.3 Å². The number of nitrogens with one attached hydrogen (secondary N) is 2. The first kappa shape index (κ1) is 24.8. The highest BCUT2D eigenvalue weighted by Gasteiger charge is 2.44. The standard InChI is InChI=1S/C23H19BrClN3O4S/c1-12-3-5-13(6-4-12)19-15(10-26)22(28-21(30)20(19)23(31)32-2)33-11-18(29)27-17-8-7-14(24)9-16(17)25/h3-9,19-20H,11H2,1-2H3,(H,27,29)(H,28,30). The molecule has 2 aromatic carbocycles. The Morgan fingerprint density at radius 1 is 1.27 bits per heavy atom. The Balaban J connectivity index is 1.88. The number of allylic oxidation sites excluding steroid dienone is 1. The molecule has 1 heterocycles. The summed E-state index contributed by atoms with van der Waals surface area (Å²) in [4.78, 5) is 37.7. The number of benzene rings is 2. The van der Waals surface area contributed by atoms with E-state index in [9.17, 15) is 19.6 Å². The zero-order valence-electron chi connectivity index (χ0n) is 17.6. The molecule has 3 rings (SSSR count). The number of carbonyl (C=O) groups excluding carboxylic acids is 3. The van der Waals surface area contributed by atoms with Crippen molar-refractivity contribution in [3.63, 3.8) is 0 Å². The summed E-state index contributed by atoms with van der Waals surface area (Å²) in [5.74, 6) is -3.83. The van der Waals surface area contributed by atoms with Crippen LogP contribution in [0, 0.1) is 24.2 Å². The number of hydrogen-bond donors (Lipinski definition) is 2. The van der Waals surface area contributed by atoms with E-state index in [4.69, 9.17) is 16.3 Å². The monoisotopic (exact) mass is 547 g/mol. The zero-order chi connectivity index (χ0) is 24.1. The number of anilines is 1. The van der Waals surface area contributed by atoms with Crippen LogP contribution in [-0.4, -0.2) is 30.6 Å². The molecule has 1 aliphatic rings. The highest BCUT2D eigenvalue weighted by Crippen LogP contribution is 2.40. The molecule has 10 heteroatoms. The van der Waals surface area contributed by atoms with E-state index in [0.29, 0.717) is 16.3 Å². The molecule has 0 aromatic heterocycles. The van der Waals surface area contributed by atoms with E-state index >= 15 is 0 Å². The van der Waals surface area contributed by atoms with E-state index in [1.165, 1.54) is 7.11 Å². The second kappa shape index (κ2) is 10.9. The van der Waals surface area contributed by atoms with Crippen molar-refractivity contribution in [2.75, 3.05) is 18.2 Å². The fourth-order valence-corrected chi connectivity index (χ4v) is 4.94. The lowest BCUT2D eigenvalue weighted by atomic mass is 9.78. The van der Waals surface area contributed by atoms with E-state index in [1.54, 1.807) is 30.3 Å². The predicted molar refractivity (Wildman–Crippen MR) is 130 cm³/mol. The summed E-state index contributed by atoms with van der Waals surface area (Å²) >= 11 is 10.4. The SMILES string of the molecule is COC(=O)C1C(=O)NC(SCC(=O)Nc2ccc(Br)cc2Cl)=C(C#N)C1c1ccc(C)cc1. The van der Waals surface area contributed by atoms with Crippen LogP contribution < -0.4 is 10.6 Å². The molecule has 0 aliphatic carbocycles. The van der Waals surface area contributed by atoms with Crippen molar-refractivity contribution in [1.29, 1.82) is 5.26 Å². The molecule has 33 heavy (non-hydrogen) atoms. The number of aryl methyl sites for hydroxylation is 1. The number of ether oxygens (including phenoxy) is 1. The summed E-state index contributed by atoms with van der Waals surface area (Å²) in [5, 5.41) is 15.8. The second-order valence-corrected chi connectivity index (χ2v) is 9.50. The lowest BCUT2D eigenvalue weighted by Gasteiger charge is -2.31. The minimum absolute atomic E-state index is 0.0866. The quantitative estimate of drug-likeness (QED) is 0.406. The third kappa shape index (κ3) is 5.77. The number of nitrogens with zero attached hydrogens (tertiary/aromatic N) is 1. The van der Waals surface area contributed by atoms with Crippen LogP contribution in [0.4, 0.5) is 5.69 Å². The van der Waals surface area contributed by atoms with Crippen LogP contribution in [0.3, 0.4) is 0 Å². The van der Waals surface area contributed by atoms with Gasteiger partial charge in [0, 0.05) is 10.4 Å². The molecule has 0 saturated heterocycles. The maximum atomic E-state index is 12.8. The van der Waals surface area contributed by atoms with Crippen LogP contribution in [0.2, 0.25) is 5.02 Å². The first-order valence-electron chi connectivity index (χ1n) is 9.72. The Bertz CT molecular complexity index is 1180. The molecule has 0 radical (unpaired) electrons. The van der Waals surface area contributed by atoms with Gasteiger partial charge < -0.3 is 15.4 Å². The van der Waals surface area contributed by atoms with Crippen molar-refractivity contribution in [1.82, 2.24) is 5.32 Å². The number of hydrogen-bond acceptors (Lipinski definition) is 6. The van der Waals surface area contributed by atoms with Gasteiger partial charge >= 0.3 is 5.97 Å². The van der Waals surface area contributed by atoms with Crippen LogP contribution in [0.25, 0.3) is 0 Å². The molecule has 1 aliphatic heterocycles. The lowest BCUT2D eigenvalue weighted by Crippen LogP contribution is -2.44. The Morgan fingerprint density at radius 3 is 2.58 bits per heavy atom. The summed E-state index contributed by atoms with van der Waals surface area (Å²) < 4.78 is 5.60. The molecule has 2 aromatic rings. The number of thioether (sulfide) groups is 1. The molecule has 2 unspecified atom stereocenters. The Labute approximate surface area is 208 Å². The number of carbonyl (C=O) groups is 3. The molecule has 0 spiro atoms. The van der Waals surface area contributed by atoms with E-state index in [2.05, 4.69) is 32.6 Å². The molecule has 0 fully saturated rings. The number of esters is 1. The Hall–Kier alpha value is -2.80. The average molecular weight is 549 g/mol. The Morgan fingerprint density at radius 2 is 1.97 bits per heavy atom. The van der Waals surface area contributed by atoms with Crippen LogP contribution in [0.1, 0.15) is 17.0 Å². The smallest absolute Gasteiger partial charge is 0.319 e. The number of amides is 2. The van der Waals surface area contributed by atoms with Crippen molar-refractivity contribution in [2.45, 2.75) is 12.8 Å². The van der Waals surface area contributed by atoms with E-state index < -0.39 is 23.7 Å². The van der Waals surface area contributed by atoms with Crippen LogP contribution in [0.5, 0.6) is 0 Å². The molecule has 2 atom stereocenters. The van der Waals surface area contributed by atoms with Gasteiger partial charge in [-0.05, 0) is 30.7 Å². The minimum Gasteiger partial charge on any atom is -0.468 e. The van der Waals surface area contributed by atoms with Gasteiger partial charge in [0.25, 0.3) is 0 Å². The lowest BCUT2D eigenvalue weighted by molar-refractivity contribution is -0.150. The molecular weight excluding hydrogens is 530 g/mol. The van der Waals surface area contributed by atoms with Gasteiger partial charge in [-0.15, -0.1) is 0 Å². The maximum Gasteiger partial charge on any atom is 0.319 e. The molecule has 7 nitrogen and oxygen atoms in total. The summed E-state index contributed by atoms with van der Waals surface area (Å²) in [5.41, 5.74) is 2.25. The summed E-state index contributed by atoms with van der Waals surface area (Å²) in [6.45, 7) is 1.91. The van der Waals surface area contributed by atoms with Crippen molar-refractivity contribution in [3.05, 3.63) is 73.7 Å². The van der Waals surface area contributed by atoms with Gasteiger partial charge in [-0.1, -0.05) is 69.1 Å². The zero-order valence-corrected chi connectivity index (χ0v) is 20.8. The van der Waals surface area contributed by atoms with Crippen molar-refractivity contribution in [3.8, 4) is 6.07 Å². The predicted octanol–water partition coefficient (Wildman–Crippen LogP) is 4.52. The van der Waals surface area contributed by atoms with E-state index in [0.717, 1.165) is 21.8 Å². The van der Waals surface area contributed by atoms with E-state index in [-0.39, 0.29) is 22.3 Å². The number of nitriles is 1. The largest absolute Gasteiger partial charge is 0.468 e. The van der Waals surface area contributed by atoms with Gasteiger partial charge in [-0.3, -0.25) is 14.4 Å². The van der Waals surface area contributed by atoms with Gasteiger partial charge in [0.2, 0.25) is 11.8 Å². The number of rotatable bonds is 6. The van der Waals surface area contributed by atoms with Gasteiger partial charge in [0.15, 0.2) is 0 Å². The molecular formula is C23H19BrClN3O4S. The normalized spacial score (nSPS) is 17.7. The first-order valence-corrected chi connectivity index (χ1v) is 11.9. The molecule has 2 N–H and O–H groups in total. The fraction of sp³-hybridized carbons (Fsp3) is 0.217. The van der Waals surface area contributed by atoms with Crippen LogP contribution in [0.15, 0.2) is 57.5 Å². The van der Waals surface area contributed by atoms with Gasteiger partial charge in [0.05, 0.1) is 40.2 Å². The Kier molecular flexibility index (Phi) is 8.19. The topological polar surface area (TPSA) is 108 Å². The first-order chi connectivity index (χ1) is 15.7. The minimum atomic E-state index is -1.22. The number of methoxy groups -OCH3 is 1. The summed E-state index contributed by atoms with van der Waals surface area (Å²) in [6, 6.07) is 14.4. The number of halogens is 2. The van der Waals surface area contributed by atoms with E-state index in [1.807, 2.05) is 19.1 Å². The van der Waals surface area contributed by atoms with Crippen molar-refractivity contribution < 1.29 is 19.1 Å². The molecule has 170 valence electrons. The highest BCUT2D eigenvalue weighted by atomic mass is 79.9. The maximum absolute atomic E-state index is 12.8. The third-order valence-electron chi connectivity index (χ3n) is 4.97. The molecule has 2 amide bonds. The average Bonchev–Trinajstić information content (AvgIpc) is 2.79. The molecule has 0 bridgehead atoms. The van der Waals surface area contributed by atoms with Crippen molar-refractivity contribution >= 4 is 62.8 Å². The van der Waals surface area contributed by atoms with Gasteiger partial charge in [0.1, 0.15) is 5.92 Å². The highest BCUT2D eigenvalue weighted by molar-refractivity contribution is 9.10. The fourth-order valence-electron chi connectivity index (χ4n) is 3.37. The summed E-state index contributed by atoms with van der Waals surface area (Å²) in [7, 11) is 1.19. The second-order valence-electron chi connectivity index (χ2n) is 7.19. The van der Waals surface area contributed by atoms with Gasteiger partial charge in [-0.25, -0.2) is 0 Å². The van der Waals surface area contributed by atoms with Gasteiger partial charge in [-0.2, -0.15) is 5.26 Å². The summed E-state index contributed by atoms with van der Waals surface area (Å²) in [6.07, 6.45) is 0. The van der Waals surface area contributed by atoms with Crippen LogP contribution in [-0.2, 0) is 19.1 Å². The molecule has 0 saturated carbocycles. The third-order valence-corrected chi connectivity index (χ3v) is 6.80.